The van der Waals surface area contributed by atoms with Gasteiger partial charge in [0.1, 0.15) is 17.3 Å². The third-order valence-corrected chi connectivity index (χ3v) is 7.44. The van der Waals surface area contributed by atoms with Gasteiger partial charge in [-0.3, -0.25) is 9.97 Å². The molecule has 0 radical (unpaired) electrons. The van der Waals surface area contributed by atoms with Crippen molar-refractivity contribution < 1.29 is 9.13 Å². The smallest absolute Gasteiger partial charge is 0.326 e. The molecule has 2 aliphatic rings. The van der Waals surface area contributed by atoms with Crippen molar-refractivity contribution in [3.8, 4) is 11.8 Å². The summed E-state index contributed by atoms with van der Waals surface area (Å²) in [5.74, 6) is 0.867. The number of hydrogen-bond acceptors (Lipinski definition) is 8. The molecule has 0 amide bonds. The van der Waals surface area contributed by atoms with E-state index in [4.69, 9.17) is 15.5 Å². The molecule has 4 aromatic heterocycles. The highest BCUT2D eigenvalue weighted by Gasteiger charge is 2.53. The summed E-state index contributed by atoms with van der Waals surface area (Å²) in [6.07, 6.45) is 5.50. The van der Waals surface area contributed by atoms with Gasteiger partial charge in [0.25, 0.3) is 0 Å². The Bertz CT molecular complexity index is 1630. The highest BCUT2D eigenvalue weighted by molar-refractivity contribution is 6.14. The van der Waals surface area contributed by atoms with E-state index in [0.717, 1.165) is 53.3 Å². The molecular formula is C25H23FN8O. The number of anilines is 2. The maximum absolute atomic E-state index is 14.5. The van der Waals surface area contributed by atoms with Crippen molar-refractivity contribution in [2.75, 3.05) is 30.4 Å². The SMILES string of the molecule is CNc1cc(F)cc2c1[nH]c1nc(Oc3cnc4cccnc4c3)nc(N3CC4(CCC4N)C3)c12. The van der Waals surface area contributed by atoms with E-state index in [1.807, 2.05) is 12.1 Å². The van der Waals surface area contributed by atoms with Crippen molar-refractivity contribution in [2.24, 2.45) is 11.1 Å². The fraction of sp³-hybridized carbons (Fsp3) is 0.280. The molecule has 1 aromatic carbocycles. The van der Waals surface area contributed by atoms with E-state index in [1.54, 1.807) is 25.5 Å². The van der Waals surface area contributed by atoms with Gasteiger partial charge in [-0.15, -0.1) is 0 Å². The van der Waals surface area contributed by atoms with Crippen LogP contribution < -0.4 is 20.7 Å². The second kappa shape index (κ2) is 7.22. The molecule has 7 rings (SSSR count). The molecule has 4 N–H and O–H groups in total. The Morgan fingerprint density at radius 1 is 1.20 bits per heavy atom. The molecule has 1 atom stereocenters. The summed E-state index contributed by atoms with van der Waals surface area (Å²) in [4.78, 5) is 23.7. The summed E-state index contributed by atoms with van der Waals surface area (Å²) in [5, 5.41) is 4.55. The lowest BCUT2D eigenvalue weighted by Crippen LogP contribution is -2.69. The number of benzene rings is 1. The standard InChI is InChI=1S/C25H23FN8O/c1-28-18-8-13(26)7-15-20-22(31-21(15)18)32-24(33-23(20)34-11-25(12-34)5-4-19(25)27)35-14-9-17-16(30-10-14)3-2-6-29-17/h2-3,6-10,19,28H,4-5,11-12,27H2,1H3,(H,31,32,33). The number of aromatic nitrogens is 5. The number of H-pyrrole nitrogens is 1. The Morgan fingerprint density at radius 3 is 2.86 bits per heavy atom. The summed E-state index contributed by atoms with van der Waals surface area (Å²) in [7, 11) is 1.76. The number of halogens is 1. The van der Waals surface area contributed by atoms with E-state index in [9.17, 15) is 4.39 Å². The maximum atomic E-state index is 14.5. The van der Waals surface area contributed by atoms with E-state index >= 15 is 0 Å². The predicted molar refractivity (Wildman–Crippen MR) is 132 cm³/mol. The van der Waals surface area contributed by atoms with Gasteiger partial charge in [-0.05, 0) is 37.1 Å². The van der Waals surface area contributed by atoms with Gasteiger partial charge in [0.05, 0.1) is 33.8 Å². The Kier molecular flexibility index (Phi) is 4.20. The first-order valence-electron chi connectivity index (χ1n) is 11.6. The van der Waals surface area contributed by atoms with Gasteiger partial charge in [0.2, 0.25) is 0 Å². The molecule has 1 aliphatic carbocycles. The molecule has 0 bridgehead atoms. The average Bonchev–Trinajstić information content (AvgIpc) is 3.20. The van der Waals surface area contributed by atoms with Crippen LogP contribution in [-0.4, -0.2) is 51.1 Å². The molecule has 9 nitrogen and oxygen atoms in total. The minimum absolute atomic E-state index is 0.139. The van der Waals surface area contributed by atoms with E-state index in [0.29, 0.717) is 22.9 Å². The molecule has 1 saturated carbocycles. The highest BCUT2D eigenvalue weighted by atomic mass is 19.1. The molecular weight excluding hydrogens is 447 g/mol. The van der Waals surface area contributed by atoms with Crippen LogP contribution in [0.15, 0.2) is 42.7 Å². The van der Waals surface area contributed by atoms with Crippen LogP contribution in [0.4, 0.5) is 15.9 Å². The van der Waals surface area contributed by atoms with Crippen molar-refractivity contribution >= 4 is 44.5 Å². The Balaban J connectivity index is 1.37. The van der Waals surface area contributed by atoms with Crippen LogP contribution in [0.5, 0.6) is 11.8 Å². The second-order valence-corrected chi connectivity index (χ2v) is 9.48. The minimum atomic E-state index is -0.329. The van der Waals surface area contributed by atoms with Gasteiger partial charge in [-0.2, -0.15) is 9.97 Å². The number of aromatic amines is 1. The molecule has 1 aliphatic heterocycles. The quantitative estimate of drug-likeness (QED) is 0.361. The summed E-state index contributed by atoms with van der Waals surface area (Å²) in [6.45, 7) is 1.62. The third-order valence-electron chi connectivity index (χ3n) is 7.44. The van der Waals surface area contributed by atoms with Crippen molar-refractivity contribution in [3.05, 3.63) is 48.5 Å². The zero-order chi connectivity index (χ0) is 23.7. The largest absolute Gasteiger partial charge is 0.422 e. The van der Waals surface area contributed by atoms with Crippen molar-refractivity contribution in [3.63, 3.8) is 0 Å². The summed E-state index contributed by atoms with van der Waals surface area (Å²) >= 11 is 0. The average molecular weight is 471 g/mol. The molecule has 2 fully saturated rings. The lowest BCUT2D eigenvalue weighted by atomic mass is 9.60. The zero-order valence-corrected chi connectivity index (χ0v) is 19.0. The van der Waals surface area contributed by atoms with Gasteiger partial charge in [0.15, 0.2) is 5.75 Å². The van der Waals surface area contributed by atoms with Crippen LogP contribution in [0, 0.1) is 11.2 Å². The van der Waals surface area contributed by atoms with Gasteiger partial charge >= 0.3 is 6.01 Å². The Morgan fingerprint density at radius 2 is 2.09 bits per heavy atom. The maximum Gasteiger partial charge on any atom is 0.326 e. The number of nitrogens with zero attached hydrogens (tertiary/aromatic N) is 5. The van der Waals surface area contributed by atoms with Crippen LogP contribution in [0.25, 0.3) is 33.0 Å². The van der Waals surface area contributed by atoms with Crippen LogP contribution in [0.3, 0.4) is 0 Å². The number of fused-ring (bicyclic) bond motifs is 4. The lowest BCUT2D eigenvalue weighted by Gasteiger charge is -2.60. The number of ether oxygens (including phenoxy) is 1. The predicted octanol–water partition coefficient (Wildman–Crippen LogP) is 3.95. The molecule has 5 heterocycles. The number of nitrogens with two attached hydrogens (primary N) is 1. The number of pyridine rings is 2. The van der Waals surface area contributed by atoms with Crippen molar-refractivity contribution in [1.29, 1.82) is 0 Å². The summed E-state index contributed by atoms with van der Waals surface area (Å²) in [6, 6.07) is 8.90. The topological polar surface area (TPSA) is 118 Å². The lowest BCUT2D eigenvalue weighted by molar-refractivity contribution is 0.0559. The van der Waals surface area contributed by atoms with Crippen LogP contribution in [-0.2, 0) is 0 Å². The van der Waals surface area contributed by atoms with Crippen LogP contribution >= 0.6 is 0 Å². The van der Waals surface area contributed by atoms with E-state index in [1.165, 1.54) is 12.1 Å². The fourth-order valence-corrected chi connectivity index (χ4v) is 5.37. The van der Waals surface area contributed by atoms with E-state index in [2.05, 4.69) is 30.2 Å². The molecule has 176 valence electrons. The molecule has 35 heavy (non-hydrogen) atoms. The van der Waals surface area contributed by atoms with Gasteiger partial charge in [0, 0.05) is 49.2 Å². The van der Waals surface area contributed by atoms with Crippen LogP contribution in [0.2, 0.25) is 0 Å². The second-order valence-electron chi connectivity index (χ2n) is 9.48. The fourth-order valence-electron chi connectivity index (χ4n) is 5.37. The molecule has 5 aromatic rings. The third kappa shape index (κ3) is 3.02. The van der Waals surface area contributed by atoms with E-state index < -0.39 is 0 Å². The van der Waals surface area contributed by atoms with Crippen molar-refractivity contribution in [1.82, 2.24) is 24.9 Å². The van der Waals surface area contributed by atoms with E-state index in [-0.39, 0.29) is 23.3 Å². The number of hydrogen-bond donors (Lipinski definition) is 3. The minimum Gasteiger partial charge on any atom is -0.422 e. The number of nitrogens with one attached hydrogen (secondary N) is 2. The first-order chi connectivity index (χ1) is 17.0. The first-order valence-corrected chi connectivity index (χ1v) is 11.6. The monoisotopic (exact) mass is 470 g/mol. The van der Waals surface area contributed by atoms with Gasteiger partial charge < -0.3 is 25.7 Å². The van der Waals surface area contributed by atoms with Gasteiger partial charge in [-0.1, -0.05) is 0 Å². The van der Waals surface area contributed by atoms with Gasteiger partial charge in [-0.25, -0.2) is 4.39 Å². The summed E-state index contributed by atoms with van der Waals surface area (Å²) in [5.41, 5.74) is 9.94. The first kappa shape index (κ1) is 20.3. The Hall–Kier alpha value is -4.05. The Labute approximate surface area is 199 Å². The van der Waals surface area contributed by atoms with Crippen molar-refractivity contribution in [2.45, 2.75) is 18.9 Å². The number of rotatable bonds is 4. The molecule has 10 heteroatoms. The zero-order valence-electron chi connectivity index (χ0n) is 19.0. The van der Waals surface area contributed by atoms with Crippen LogP contribution in [0.1, 0.15) is 12.8 Å². The normalized spacial score (nSPS) is 18.7. The molecule has 1 spiro atoms. The summed E-state index contributed by atoms with van der Waals surface area (Å²) < 4.78 is 20.5. The molecule has 1 unspecified atom stereocenters. The highest BCUT2D eigenvalue weighted by Crippen LogP contribution is 2.50. The molecule has 1 saturated heterocycles.